The van der Waals surface area contributed by atoms with Gasteiger partial charge in [0, 0.05) is 59.5 Å². The molecule has 0 fully saturated rings. The van der Waals surface area contributed by atoms with Crippen molar-refractivity contribution in [2.45, 2.75) is 39.7 Å². The van der Waals surface area contributed by atoms with Gasteiger partial charge < -0.3 is 15.6 Å². The van der Waals surface area contributed by atoms with Crippen LogP contribution in [-0.2, 0) is 24.2 Å². The van der Waals surface area contributed by atoms with Gasteiger partial charge in [0.2, 0.25) is 11.9 Å². The third-order valence-electron chi connectivity index (χ3n) is 5.89. The molecule has 0 bridgehead atoms. The summed E-state index contributed by atoms with van der Waals surface area (Å²) < 4.78 is 1.65. The number of rotatable bonds is 3. The lowest BCUT2D eigenvalue weighted by Crippen LogP contribution is -2.36. The molecule has 0 saturated carbocycles. The van der Waals surface area contributed by atoms with Gasteiger partial charge in [0.05, 0.1) is 0 Å². The van der Waals surface area contributed by atoms with Crippen LogP contribution < -0.4 is 5.73 Å². The Morgan fingerprint density at radius 2 is 2.07 bits per heavy atom. The van der Waals surface area contributed by atoms with E-state index in [1.807, 2.05) is 30.9 Å². The Hall–Kier alpha value is -3.42. The molecule has 0 saturated heterocycles. The van der Waals surface area contributed by atoms with Crippen molar-refractivity contribution in [1.82, 2.24) is 29.5 Å². The van der Waals surface area contributed by atoms with Gasteiger partial charge in [-0.05, 0) is 31.9 Å². The molecule has 4 aromatic rings. The Morgan fingerprint density at radius 1 is 1.24 bits per heavy atom. The molecule has 3 N–H and O–H groups in total. The van der Waals surface area contributed by atoms with E-state index >= 15 is 0 Å². The maximum atomic E-state index is 13.0. The first-order valence-corrected chi connectivity index (χ1v) is 9.86. The number of nitrogen functional groups attached to an aromatic ring is 1. The van der Waals surface area contributed by atoms with Gasteiger partial charge in [-0.25, -0.2) is 4.98 Å². The van der Waals surface area contributed by atoms with Crippen LogP contribution >= 0.6 is 0 Å². The van der Waals surface area contributed by atoms with Gasteiger partial charge in [-0.2, -0.15) is 9.50 Å². The van der Waals surface area contributed by atoms with E-state index in [4.69, 9.17) is 5.73 Å². The predicted molar refractivity (Wildman–Crippen MR) is 110 cm³/mol. The van der Waals surface area contributed by atoms with E-state index in [1.165, 1.54) is 16.6 Å². The molecule has 8 nitrogen and oxygen atoms in total. The van der Waals surface area contributed by atoms with Crippen LogP contribution in [0.4, 0.5) is 5.95 Å². The van der Waals surface area contributed by atoms with Crippen molar-refractivity contribution < 1.29 is 4.79 Å². The van der Waals surface area contributed by atoms with Crippen LogP contribution in [-0.4, -0.2) is 41.9 Å². The number of para-hydroxylation sites is 1. The molecule has 0 unspecified atom stereocenters. The number of aryl methyl sites for hydroxylation is 2. The topological polar surface area (TPSA) is 105 Å². The molecule has 1 aromatic carbocycles. The smallest absolute Gasteiger partial charge is 0.254 e. The highest BCUT2D eigenvalue weighted by atomic mass is 16.2. The summed E-state index contributed by atoms with van der Waals surface area (Å²) in [6.45, 7) is 5.31. The number of hydrogen-bond donors (Lipinski definition) is 2. The van der Waals surface area contributed by atoms with Crippen molar-refractivity contribution in [3.63, 3.8) is 0 Å². The van der Waals surface area contributed by atoms with Crippen LogP contribution in [0.3, 0.4) is 0 Å². The number of carbonyl (C=O) groups excluding carboxylic acids is 1. The first kappa shape index (κ1) is 17.7. The second kappa shape index (κ2) is 6.58. The highest BCUT2D eigenvalue weighted by molar-refractivity contribution is 5.86. The predicted octanol–water partition coefficient (Wildman–Crippen LogP) is 2.32. The summed E-state index contributed by atoms with van der Waals surface area (Å²) in [4.78, 5) is 27.0. The fourth-order valence-corrected chi connectivity index (χ4v) is 4.36. The van der Waals surface area contributed by atoms with Gasteiger partial charge >= 0.3 is 0 Å². The summed E-state index contributed by atoms with van der Waals surface area (Å²) in [6, 6.07) is 8.29. The van der Waals surface area contributed by atoms with Gasteiger partial charge in [-0.15, -0.1) is 5.10 Å². The van der Waals surface area contributed by atoms with Gasteiger partial charge in [0.1, 0.15) is 0 Å². The number of nitrogens with two attached hydrogens (primary N) is 1. The van der Waals surface area contributed by atoms with Crippen LogP contribution in [0.1, 0.15) is 34.6 Å². The second-order valence-corrected chi connectivity index (χ2v) is 7.64. The quantitative estimate of drug-likeness (QED) is 0.559. The van der Waals surface area contributed by atoms with Gasteiger partial charge in [-0.1, -0.05) is 18.2 Å². The fraction of sp³-hybridized carbons (Fsp3) is 0.333. The Balaban J connectivity index is 1.35. The number of benzene rings is 1. The molecule has 0 aliphatic carbocycles. The molecule has 5 rings (SSSR count). The highest BCUT2D eigenvalue weighted by Crippen LogP contribution is 2.28. The summed E-state index contributed by atoms with van der Waals surface area (Å²) in [6.07, 6.45) is 1.92. The van der Waals surface area contributed by atoms with E-state index in [0.717, 1.165) is 35.4 Å². The maximum absolute atomic E-state index is 13.0. The zero-order chi connectivity index (χ0) is 20.1. The lowest BCUT2D eigenvalue weighted by atomic mass is 10.0. The number of aromatic amines is 1. The summed E-state index contributed by atoms with van der Waals surface area (Å²) in [5, 5.41) is 5.41. The zero-order valence-electron chi connectivity index (χ0n) is 16.6. The standard InChI is InChI=1S/C21H23N7O/c1-12-14(13(2)28-21(23-12)25-20(22)26-28)7-8-19(29)27-10-9-18-16(11-27)15-5-3-4-6-17(15)24-18/h3-6,24H,7-11H2,1-2H3,(H2,22,26). The fourth-order valence-electron chi connectivity index (χ4n) is 4.36. The molecular weight excluding hydrogens is 366 g/mol. The second-order valence-electron chi connectivity index (χ2n) is 7.64. The number of hydrogen-bond acceptors (Lipinski definition) is 5. The molecule has 1 aliphatic heterocycles. The van der Waals surface area contributed by atoms with Gasteiger partial charge in [0.15, 0.2) is 0 Å². The molecule has 1 amide bonds. The summed E-state index contributed by atoms with van der Waals surface area (Å²) in [5.74, 6) is 0.865. The molecule has 8 heteroatoms. The monoisotopic (exact) mass is 389 g/mol. The largest absolute Gasteiger partial charge is 0.366 e. The highest BCUT2D eigenvalue weighted by Gasteiger charge is 2.24. The minimum atomic E-state index is 0.165. The minimum absolute atomic E-state index is 0.165. The molecule has 4 heterocycles. The molecule has 1 aliphatic rings. The van der Waals surface area contributed by atoms with Crippen LogP contribution in [0, 0.1) is 13.8 Å². The molecule has 3 aromatic heterocycles. The van der Waals surface area contributed by atoms with E-state index in [2.05, 4.69) is 32.2 Å². The molecule has 0 radical (unpaired) electrons. The average Bonchev–Trinajstić information content (AvgIpc) is 3.27. The number of anilines is 1. The maximum Gasteiger partial charge on any atom is 0.254 e. The SMILES string of the molecule is Cc1nc2nc(N)nn2c(C)c1CCC(=O)N1CCc2[nH]c3ccccc3c2C1. The third kappa shape index (κ3) is 2.91. The number of carbonyl (C=O) groups is 1. The van der Waals surface area contributed by atoms with Gasteiger partial charge in [-0.3, -0.25) is 4.79 Å². The number of nitrogens with one attached hydrogen (secondary N) is 1. The molecular formula is C21H23N7O. The van der Waals surface area contributed by atoms with E-state index in [9.17, 15) is 4.79 Å². The number of H-pyrrole nitrogens is 1. The van der Waals surface area contributed by atoms with E-state index in [1.54, 1.807) is 4.52 Å². The van der Waals surface area contributed by atoms with E-state index < -0.39 is 0 Å². The number of aromatic nitrogens is 5. The first-order valence-electron chi connectivity index (χ1n) is 9.86. The van der Waals surface area contributed by atoms with Crippen LogP contribution in [0.2, 0.25) is 0 Å². The van der Waals surface area contributed by atoms with Crippen molar-refractivity contribution >= 4 is 28.5 Å². The van der Waals surface area contributed by atoms with Crippen molar-refractivity contribution in [3.8, 4) is 0 Å². The first-order chi connectivity index (χ1) is 14.0. The minimum Gasteiger partial charge on any atom is -0.366 e. The lowest BCUT2D eigenvalue weighted by molar-refractivity contribution is -0.132. The Labute approximate surface area is 167 Å². The third-order valence-corrected chi connectivity index (χ3v) is 5.89. The van der Waals surface area contributed by atoms with Crippen molar-refractivity contribution in [1.29, 1.82) is 0 Å². The van der Waals surface area contributed by atoms with E-state index in [0.29, 0.717) is 25.2 Å². The normalized spacial score (nSPS) is 13.9. The number of fused-ring (bicyclic) bond motifs is 4. The summed E-state index contributed by atoms with van der Waals surface area (Å²) >= 11 is 0. The molecule has 29 heavy (non-hydrogen) atoms. The van der Waals surface area contributed by atoms with E-state index in [-0.39, 0.29) is 11.9 Å². The number of nitrogens with zero attached hydrogens (tertiary/aromatic N) is 5. The molecule has 148 valence electrons. The van der Waals surface area contributed by atoms with Crippen molar-refractivity contribution in [2.24, 2.45) is 0 Å². The van der Waals surface area contributed by atoms with Crippen LogP contribution in [0.25, 0.3) is 16.7 Å². The Morgan fingerprint density at radius 3 is 2.93 bits per heavy atom. The average molecular weight is 389 g/mol. The van der Waals surface area contributed by atoms with Crippen molar-refractivity contribution in [3.05, 3.63) is 52.5 Å². The number of amides is 1. The Kier molecular flexibility index (Phi) is 4.01. The lowest BCUT2D eigenvalue weighted by Gasteiger charge is -2.27. The summed E-state index contributed by atoms with van der Waals surface area (Å²) in [5.41, 5.74) is 12.2. The van der Waals surface area contributed by atoms with Crippen LogP contribution in [0.15, 0.2) is 24.3 Å². The molecule has 0 atom stereocenters. The van der Waals surface area contributed by atoms with Crippen LogP contribution in [0.5, 0.6) is 0 Å². The summed E-state index contributed by atoms with van der Waals surface area (Å²) in [7, 11) is 0. The Bertz CT molecular complexity index is 1250. The van der Waals surface area contributed by atoms with Crippen molar-refractivity contribution in [2.75, 3.05) is 12.3 Å². The molecule has 0 spiro atoms. The van der Waals surface area contributed by atoms with Gasteiger partial charge in [0.25, 0.3) is 5.78 Å². The zero-order valence-corrected chi connectivity index (χ0v) is 16.6.